The molecule has 0 saturated carbocycles. The molecule has 1 heterocycles. The Morgan fingerprint density at radius 1 is 1.06 bits per heavy atom. The fraction of sp³-hybridized carbons (Fsp3) is 0.667. The molecule has 192 valence electrons. The van der Waals surface area contributed by atoms with E-state index in [4.69, 9.17) is 16.6 Å². The van der Waals surface area contributed by atoms with Crippen LogP contribution >= 0.6 is 0 Å². The summed E-state index contributed by atoms with van der Waals surface area (Å²) in [5.74, 6) is -3.45. The van der Waals surface area contributed by atoms with Crippen molar-refractivity contribution in [3.8, 4) is 0 Å². The highest BCUT2D eigenvalue weighted by Gasteiger charge is 2.31. The predicted octanol–water partition coefficient (Wildman–Crippen LogP) is -2.01. The van der Waals surface area contributed by atoms with Crippen LogP contribution in [0, 0.1) is 5.92 Å². The topological polar surface area (TPSA) is 226 Å². The van der Waals surface area contributed by atoms with Gasteiger partial charge < -0.3 is 42.6 Å². The maximum atomic E-state index is 13.1. The third-order valence-corrected chi connectivity index (χ3v) is 5.55. The Kier molecular flexibility index (Phi) is 12.8. The van der Waals surface area contributed by atoms with Crippen LogP contribution in [0.1, 0.15) is 45.2 Å². The fourth-order valence-corrected chi connectivity index (χ4v) is 3.10. The van der Waals surface area contributed by atoms with Crippen molar-refractivity contribution in [1.29, 1.82) is 0 Å². The van der Waals surface area contributed by atoms with Gasteiger partial charge in [-0.25, -0.2) is 9.78 Å². The molecule has 0 fully saturated rings. The number of amides is 3. The molecule has 13 heteroatoms. The average molecular weight is 484 g/mol. The van der Waals surface area contributed by atoms with Crippen molar-refractivity contribution in [3.05, 3.63) is 18.2 Å². The lowest BCUT2D eigenvalue weighted by Crippen LogP contribution is -2.58. The highest BCUT2D eigenvalue weighted by Crippen LogP contribution is 2.08. The first-order valence-corrected chi connectivity index (χ1v) is 11.3. The molecule has 0 spiro atoms. The van der Waals surface area contributed by atoms with Crippen LogP contribution in [-0.4, -0.2) is 81.2 Å². The Morgan fingerprint density at radius 2 is 1.68 bits per heavy atom. The number of aromatic nitrogens is 2. The van der Waals surface area contributed by atoms with Crippen LogP contribution in [0.4, 0.5) is 0 Å². The lowest BCUT2D eigenvalue weighted by atomic mass is 9.98. The number of carboxylic acid groups (broad SMARTS) is 1. The molecule has 0 aromatic carbocycles. The van der Waals surface area contributed by atoms with Gasteiger partial charge in [0.2, 0.25) is 17.7 Å². The molecule has 1 aromatic heterocycles. The molecule has 34 heavy (non-hydrogen) atoms. The van der Waals surface area contributed by atoms with E-state index in [9.17, 15) is 24.3 Å². The highest BCUT2D eigenvalue weighted by atomic mass is 16.4. The number of nitrogens with zero attached hydrogens (tertiary/aromatic N) is 1. The molecular formula is C21H37N7O6. The van der Waals surface area contributed by atoms with E-state index in [1.807, 2.05) is 13.8 Å². The largest absolute Gasteiger partial charge is 0.480 e. The van der Waals surface area contributed by atoms with E-state index in [1.54, 1.807) is 0 Å². The van der Waals surface area contributed by atoms with Crippen molar-refractivity contribution in [2.45, 2.75) is 70.1 Å². The molecule has 1 aromatic rings. The van der Waals surface area contributed by atoms with Crippen LogP contribution < -0.4 is 27.4 Å². The van der Waals surface area contributed by atoms with E-state index in [0.717, 1.165) is 0 Å². The van der Waals surface area contributed by atoms with Crippen LogP contribution in [0.2, 0.25) is 0 Å². The van der Waals surface area contributed by atoms with E-state index in [0.29, 0.717) is 31.5 Å². The van der Waals surface area contributed by atoms with Crippen molar-refractivity contribution >= 4 is 23.7 Å². The van der Waals surface area contributed by atoms with Crippen molar-refractivity contribution in [2.75, 3.05) is 13.2 Å². The number of rotatable bonds is 16. The van der Waals surface area contributed by atoms with Crippen molar-refractivity contribution in [3.63, 3.8) is 0 Å². The number of hydrogen-bond acceptors (Lipinski definition) is 8. The number of nitrogens with two attached hydrogens (primary N) is 2. The molecule has 5 unspecified atom stereocenters. The van der Waals surface area contributed by atoms with E-state index in [-0.39, 0.29) is 18.8 Å². The standard InChI is InChI=1S/C21H37N7O6/c1-3-12(2)17(23)20(32)27-15(8-13-9-24-11-25-13)19(31)26-14(6-4-5-7-22)18(30)28-16(10-29)21(33)34/h9,11-12,14-17,29H,3-8,10,22-23H2,1-2H3,(H,24,25)(H,26,31)(H,27,32)(H,28,30)(H,33,34). The van der Waals surface area contributed by atoms with Crippen molar-refractivity contribution < 1.29 is 29.4 Å². The van der Waals surface area contributed by atoms with E-state index < -0.39 is 54.5 Å². The van der Waals surface area contributed by atoms with Crippen LogP contribution in [0.25, 0.3) is 0 Å². The van der Waals surface area contributed by atoms with Gasteiger partial charge in [-0.1, -0.05) is 20.3 Å². The molecule has 3 amide bonds. The number of aromatic amines is 1. The number of nitrogens with one attached hydrogen (secondary N) is 4. The minimum Gasteiger partial charge on any atom is -0.480 e. The van der Waals surface area contributed by atoms with Crippen molar-refractivity contribution in [2.24, 2.45) is 17.4 Å². The van der Waals surface area contributed by atoms with Gasteiger partial charge in [0.1, 0.15) is 18.1 Å². The van der Waals surface area contributed by atoms with Crippen LogP contribution in [0.5, 0.6) is 0 Å². The highest BCUT2D eigenvalue weighted by molar-refractivity contribution is 5.94. The van der Waals surface area contributed by atoms with Gasteiger partial charge in [-0.3, -0.25) is 14.4 Å². The quantitative estimate of drug-likeness (QED) is 0.121. The number of hydrogen-bond donors (Lipinski definition) is 8. The monoisotopic (exact) mass is 483 g/mol. The lowest BCUT2D eigenvalue weighted by Gasteiger charge is -2.26. The van der Waals surface area contributed by atoms with Gasteiger partial charge in [0.15, 0.2) is 0 Å². The SMILES string of the molecule is CCC(C)C(N)C(=O)NC(Cc1cnc[nH]1)C(=O)NC(CCCCN)C(=O)NC(CO)C(=O)O. The minimum atomic E-state index is -1.52. The molecular weight excluding hydrogens is 446 g/mol. The zero-order valence-corrected chi connectivity index (χ0v) is 19.6. The van der Waals surface area contributed by atoms with Gasteiger partial charge >= 0.3 is 5.97 Å². The maximum Gasteiger partial charge on any atom is 0.328 e. The summed E-state index contributed by atoms with van der Waals surface area (Å²) in [5, 5.41) is 25.7. The van der Waals surface area contributed by atoms with Gasteiger partial charge in [-0.15, -0.1) is 0 Å². The number of unbranched alkanes of at least 4 members (excludes halogenated alkanes) is 1. The molecule has 0 radical (unpaired) electrons. The van der Waals surface area contributed by atoms with E-state index in [2.05, 4.69) is 25.9 Å². The normalized spacial score (nSPS) is 15.4. The Bertz CT molecular complexity index is 789. The van der Waals surface area contributed by atoms with Gasteiger partial charge in [0.25, 0.3) is 0 Å². The number of aliphatic hydroxyl groups is 1. The first-order valence-electron chi connectivity index (χ1n) is 11.3. The number of aliphatic carboxylic acids is 1. The minimum absolute atomic E-state index is 0.0658. The summed E-state index contributed by atoms with van der Waals surface area (Å²) in [4.78, 5) is 56.4. The summed E-state index contributed by atoms with van der Waals surface area (Å²) in [6, 6.07) is -4.51. The second-order valence-corrected chi connectivity index (χ2v) is 8.18. The van der Waals surface area contributed by atoms with Gasteiger partial charge in [-0.05, 0) is 31.7 Å². The molecule has 0 aliphatic carbocycles. The molecule has 0 saturated heterocycles. The Balaban J connectivity index is 3.03. The van der Waals surface area contributed by atoms with Gasteiger partial charge in [-0.2, -0.15) is 0 Å². The molecule has 5 atom stereocenters. The van der Waals surface area contributed by atoms with Gasteiger partial charge in [0, 0.05) is 18.3 Å². The number of H-pyrrole nitrogens is 1. The zero-order chi connectivity index (χ0) is 25.7. The maximum absolute atomic E-state index is 13.1. The molecule has 10 N–H and O–H groups in total. The Morgan fingerprint density at radius 3 is 2.21 bits per heavy atom. The number of carbonyl (C=O) groups excluding carboxylic acids is 3. The van der Waals surface area contributed by atoms with Crippen LogP contribution in [-0.2, 0) is 25.6 Å². The number of aliphatic hydroxyl groups excluding tert-OH is 1. The summed E-state index contributed by atoms with van der Waals surface area (Å²) in [6.07, 6.45) is 4.93. The summed E-state index contributed by atoms with van der Waals surface area (Å²) in [7, 11) is 0. The average Bonchev–Trinajstić information content (AvgIpc) is 3.33. The molecule has 0 aliphatic rings. The first-order chi connectivity index (χ1) is 16.1. The van der Waals surface area contributed by atoms with E-state index in [1.165, 1.54) is 12.5 Å². The Hall–Kier alpha value is -3.03. The molecule has 0 bridgehead atoms. The molecule has 1 rings (SSSR count). The Labute approximate surface area is 198 Å². The predicted molar refractivity (Wildman–Crippen MR) is 123 cm³/mol. The smallest absolute Gasteiger partial charge is 0.328 e. The third kappa shape index (κ3) is 9.45. The second kappa shape index (κ2) is 15.0. The lowest BCUT2D eigenvalue weighted by molar-refractivity contribution is -0.143. The number of carbonyl (C=O) groups is 4. The molecule has 13 nitrogen and oxygen atoms in total. The third-order valence-electron chi connectivity index (χ3n) is 5.55. The van der Waals surface area contributed by atoms with Crippen LogP contribution in [0.15, 0.2) is 12.5 Å². The first kappa shape index (κ1) is 29.0. The number of carboxylic acids is 1. The fourth-order valence-electron chi connectivity index (χ4n) is 3.10. The van der Waals surface area contributed by atoms with Crippen molar-refractivity contribution in [1.82, 2.24) is 25.9 Å². The van der Waals surface area contributed by atoms with Crippen LogP contribution in [0.3, 0.4) is 0 Å². The number of imidazole rings is 1. The zero-order valence-electron chi connectivity index (χ0n) is 19.6. The summed E-state index contributed by atoms with van der Waals surface area (Å²) in [6.45, 7) is 3.29. The summed E-state index contributed by atoms with van der Waals surface area (Å²) >= 11 is 0. The summed E-state index contributed by atoms with van der Waals surface area (Å²) < 4.78 is 0. The van der Waals surface area contributed by atoms with E-state index >= 15 is 0 Å². The molecule has 0 aliphatic heterocycles. The summed E-state index contributed by atoms with van der Waals surface area (Å²) in [5.41, 5.74) is 12.1. The second-order valence-electron chi connectivity index (χ2n) is 8.18. The van der Waals surface area contributed by atoms with Gasteiger partial charge in [0.05, 0.1) is 19.0 Å².